The Bertz CT molecular complexity index is 476. The number of ether oxygens (including phenoxy) is 2. The van der Waals surface area contributed by atoms with E-state index < -0.39 is 12.1 Å². The first-order valence-electron chi connectivity index (χ1n) is 5.81. The summed E-state index contributed by atoms with van der Waals surface area (Å²) in [5, 5.41) is 2.96. The molecule has 1 atom stereocenters. The minimum Gasteiger partial charge on any atom is -0.496 e. The molecule has 0 aliphatic carbocycles. The van der Waals surface area contributed by atoms with E-state index in [1.807, 2.05) is 0 Å². The average molecular weight is 286 g/mol. The second-order valence-electron chi connectivity index (χ2n) is 3.79. The fraction of sp³-hybridized carbons (Fsp3) is 0.385. The van der Waals surface area contributed by atoms with Crippen LogP contribution in [0.4, 0.5) is 0 Å². The fourth-order valence-corrected chi connectivity index (χ4v) is 1.61. The first-order valence-corrected chi connectivity index (χ1v) is 6.19. The predicted molar refractivity (Wildman–Crippen MR) is 71.6 cm³/mol. The molecule has 1 N–H and O–H groups in total. The van der Waals surface area contributed by atoms with Crippen molar-refractivity contribution >= 4 is 23.5 Å². The van der Waals surface area contributed by atoms with E-state index >= 15 is 0 Å². The third-order valence-electron chi connectivity index (χ3n) is 2.39. The summed E-state index contributed by atoms with van der Waals surface area (Å²) in [6.45, 7) is 3.76. The van der Waals surface area contributed by atoms with Crippen molar-refractivity contribution in [2.24, 2.45) is 0 Å². The van der Waals surface area contributed by atoms with Gasteiger partial charge in [-0.3, -0.25) is 4.79 Å². The van der Waals surface area contributed by atoms with Gasteiger partial charge in [-0.25, -0.2) is 4.79 Å². The molecule has 1 aromatic carbocycles. The largest absolute Gasteiger partial charge is 0.496 e. The number of carbonyl (C=O) groups is 2. The van der Waals surface area contributed by atoms with Gasteiger partial charge in [0.1, 0.15) is 11.3 Å². The van der Waals surface area contributed by atoms with Gasteiger partial charge in [0.05, 0.1) is 7.11 Å². The van der Waals surface area contributed by atoms with Gasteiger partial charge in [0, 0.05) is 11.6 Å². The molecular weight excluding hydrogens is 270 g/mol. The van der Waals surface area contributed by atoms with Gasteiger partial charge in [-0.2, -0.15) is 0 Å². The van der Waals surface area contributed by atoms with Crippen LogP contribution in [0.1, 0.15) is 24.2 Å². The minimum absolute atomic E-state index is 0.186. The summed E-state index contributed by atoms with van der Waals surface area (Å²) in [6, 6.07) is 4.60. The molecule has 0 aliphatic heterocycles. The summed E-state index contributed by atoms with van der Waals surface area (Å²) in [5.41, 5.74) is 0.186. The number of hydrogen-bond donors (Lipinski definition) is 1. The number of likely N-dealkylation sites (N-methyl/N-ethyl adjacent to an activating group) is 1. The Kier molecular flexibility index (Phi) is 5.63. The number of methoxy groups -OCH3 is 1. The Morgan fingerprint density at radius 2 is 2.11 bits per heavy atom. The number of benzene rings is 1. The van der Waals surface area contributed by atoms with E-state index in [9.17, 15) is 9.59 Å². The van der Waals surface area contributed by atoms with Crippen LogP contribution in [-0.2, 0) is 9.53 Å². The highest BCUT2D eigenvalue weighted by Crippen LogP contribution is 2.23. The number of esters is 1. The van der Waals surface area contributed by atoms with Gasteiger partial charge in [0.25, 0.3) is 5.91 Å². The second kappa shape index (κ2) is 6.99. The van der Waals surface area contributed by atoms with Crippen LogP contribution < -0.4 is 10.1 Å². The van der Waals surface area contributed by atoms with E-state index in [2.05, 4.69) is 5.32 Å². The van der Waals surface area contributed by atoms with Crippen molar-refractivity contribution < 1.29 is 19.1 Å². The van der Waals surface area contributed by atoms with Crippen LogP contribution in [0.15, 0.2) is 18.2 Å². The SMILES string of the molecule is CCNC(=O)[C@H](C)OC(=O)c1cc(Cl)ccc1OC. The molecule has 1 rings (SSSR count). The van der Waals surface area contributed by atoms with Crippen LogP contribution in [-0.4, -0.2) is 31.6 Å². The Morgan fingerprint density at radius 3 is 2.68 bits per heavy atom. The molecule has 0 aliphatic rings. The number of nitrogens with one attached hydrogen (secondary N) is 1. The molecule has 0 radical (unpaired) electrons. The topological polar surface area (TPSA) is 64.6 Å². The van der Waals surface area contributed by atoms with Crippen LogP contribution in [0.5, 0.6) is 5.75 Å². The Hall–Kier alpha value is -1.75. The van der Waals surface area contributed by atoms with Gasteiger partial charge in [0.15, 0.2) is 6.10 Å². The fourth-order valence-electron chi connectivity index (χ4n) is 1.44. The summed E-state index contributed by atoms with van der Waals surface area (Å²) in [5.74, 6) is -0.660. The van der Waals surface area contributed by atoms with Crippen LogP contribution >= 0.6 is 11.6 Å². The zero-order valence-corrected chi connectivity index (χ0v) is 11.8. The van der Waals surface area contributed by atoms with Gasteiger partial charge in [0.2, 0.25) is 0 Å². The molecule has 0 saturated carbocycles. The van der Waals surface area contributed by atoms with E-state index in [1.165, 1.54) is 20.1 Å². The number of carbonyl (C=O) groups excluding carboxylic acids is 2. The Morgan fingerprint density at radius 1 is 1.42 bits per heavy atom. The van der Waals surface area contributed by atoms with Crippen molar-refractivity contribution in [1.29, 1.82) is 0 Å². The maximum Gasteiger partial charge on any atom is 0.342 e. The molecule has 1 amide bonds. The molecule has 0 unspecified atom stereocenters. The highest BCUT2D eigenvalue weighted by Gasteiger charge is 2.21. The Labute approximate surface area is 116 Å². The average Bonchev–Trinajstić information content (AvgIpc) is 2.38. The van der Waals surface area contributed by atoms with E-state index in [0.29, 0.717) is 17.3 Å². The zero-order valence-electron chi connectivity index (χ0n) is 11.0. The number of amides is 1. The monoisotopic (exact) mass is 285 g/mol. The van der Waals surface area contributed by atoms with Crippen molar-refractivity contribution in [3.05, 3.63) is 28.8 Å². The van der Waals surface area contributed by atoms with Crippen LogP contribution in [0.3, 0.4) is 0 Å². The third kappa shape index (κ3) is 4.13. The molecule has 104 valence electrons. The molecular formula is C13H16ClNO4. The lowest BCUT2D eigenvalue weighted by molar-refractivity contribution is -0.128. The van der Waals surface area contributed by atoms with Gasteiger partial charge in [-0.05, 0) is 32.0 Å². The van der Waals surface area contributed by atoms with Crippen molar-refractivity contribution in [2.75, 3.05) is 13.7 Å². The molecule has 0 aromatic heterocycles. The quantitative estimate of drug-likeness (QED) is 0.841. The molecule has 0 heterocycles. The third-order valence-corrected chi connectivity index (χ3v) is 2.62. The molecule has 0 saturated heterocycles. The van der Waals surface area contributed by atoms with Gasteiger partial charge < -0.3 is 14.8 Å². The standard InChI is InChI=1S/C13H16ClNO4/c1-4-15-12(16)8(2)19-13(17)10-7-9(14)5-6-11(10)18-3/h5-8H,4H2,1-3H3,(H,15,16)/t8-/m0/s1. The van der Waals surface area contributed by atoms with Gasteiger partial charge in [-0.1, -0.05) is 11.6 Å². The van der Waals surface area contributed by atoms with Gasteiger partial charge >= 0.3 is 5.97 Å². The van der Waals surface area contributed by atoms with Crippen LogP contribution in [0.25, 0.3) is 0 Å². The summed E-state index contributed by atoms with van der Waals surface area (Å²) in [4.78, 5) is 23.4. The summed E-state index contributed by atoms with van der Waals surface area (Å²) in [6.07, 6.45) is -0.879. The number of rotatable bonds is 5. The lowest BCUT2D eigenvalue weighted by Gasteiger charge is -2.14. The lowest BCUT2D eigenvalue weighted by Crippen LogP contribution is -2.35. The highest BCUT2D eigenvalue weighted by atomic mass is 35.5. The lowest BCUT2D eigenvalue weighted by atomic mass is 10.2. The second-order valence-corrected chi connectivity index (χ2v) is 4.22. The smallest absolute Gasteiger partial charge is 0.342 e. The molecule has 0 bridgehead atoms. The van der Waals surface area contributed by atoms with E-state index in [-0.39, 0.29) is 11.5 Å². The maximum atomic E-state index is 12.0. The van der Waals surface area contributed by atoms with E-state index in [0.717, 1.165) is 0 Å². The summed E-state index contributed by atoms with van der Waals surface area (Å²) < 4.78 is 10.1. The summed E-state index contributed by atoms with van der Waals surface area (Å²) in [7, 11) is 1.44. The maximum absolute atomic E-state index is 12.0. The van der Waals surface area contributed by atoms with E-state index in [1.54, 1.807) is 19.1 Å². The van der Waals surface area contributed by atoms with Crippen molar-refractivity contribution in [2.45, 2.75) is 20.0 Å². The molecule has 6 heteroatoms. The molecule has 19 heavy (non-hydrogen) atoms. The molecule has 0 spiro atoms. The first-order chi connectivity index (χ1) is 8.99. The summed E-state index contributed by atoms with van der Waals surface area (Å²) >= 11 is 5.82. The van der Waals surface area contributed by atoms with Gasteiger partial charge in [-0.15, -0.1) is 0 Å². The van der Waals surface area contributed by atoms with Crippen LogP contribution in [0, 0.1) is 0 Å². The zero-order chi connectivity index (χ0) is 14.4. The minimum atomic E-state index is -0.879. The molecule has 5 nitrogen and oxygen atoms in total. The molecule has 1 aromatic rings. The van der Waals surface area contributed by atoms with E-state index in [4.69, 9.17) is 21.1 Å². The van der Waals surface area contributed by atoms with Crippen molar-refractivity contribution in [3.8, 4) is 5.75 Å². The van der Waals surface area contributed by atoms with Crippen LogP contribution in [0.2, 0.25) is 5.02 Å². The number of halogens is 1. The number of hydrogen-bond acceptors (Lipinski definition) is 4. The highest BCUT2D eigenvalue weighted by molar-refractivity contribution is 6.31. The predicted octanol–water partition coefficient (Wildman–Crippen LogP) is 2.03. The molecule has 0 fully saturated rings. The Balaban J connectivity index is 2.83. The first kappa shape index (κ1) is 15.3. The van der Waals surface area contributed by atoms with Crippen molar-refractivity contribution in [1.82, 2.24) is 5.32 Å². The van der Waals surface area contributed by atoms with Crippen molar-refractivity contribution in [3.63, 3.8) is 0 Å². The normalized spacial score (nSPS) is 11.6.